The van der Waals surface area contributed by atoms with E-state index in [4.69, 9.17) is 72.0 Å². The highest BCUT2D eigenvalue weighted by Crippen LogP contribution is 2.35. The highest BCUT2D eigenvalue weighted by Gasteiger charge is 2.39. The average Bonchev–Trinajstić information content (AvgIpc) is 0.843. The van der Waals surface area contributed by atoms with Crippen LogP contribution in [0.25, 0.3) is 0 Å². The van der Waals surface area contributed by atoms with Crippen molar-refractivity contribution >= 4 is 77.9 Å². The molecule has 6 fully saturated rings. The second-order valence-electron chi connectivity index (χ2n) is 36.7. The molecule has 0 aliphatic heterocycles. The summed E-state index contributed by atoms with van der Waals surface area (Å²) in [5.74, 6) is -4.18. The van der Waals surface area contributed by atoms with Gasteiger partial charge in [0.25, 0.3) is 0 Å². The van der Waals surface area contributed by atoms with Crippen molar-refractivity contribution in [1.29, 1.82) is 0 Å². The van der Waals surface area contributed by atoms with E-state index in [0.29, 0.717) is 59.1 Å². The fourth-order valence-electron chi connectivity index (χ4n) is 16.6. The van der Waals surface area contributed by atoms with Crippen LogP contribution >= 0.6 is 0 Å². The van der Waals surface area contributed by atoms with Crippen LogP contribution in [0.3, 0.4) is 0 Å². The van der Waals surface area contributed by atoms with Gasteiger partial charge in [0.1, 0.15) is 71.3 Å². The van der Waals surface area contributed by atoms with Crippen LogP contribution in [0.15, 0.2) is 212 Å². The van der Waals surface area contributed by atoms with Gasteiger partial charge in [0.15, 0.2) is 0 Å². The third-order valence-electron chi connectivity index (χ3n) is 25.8. The molecule has 7 aromatic rings. The fourth-order valence-corrected chi connectivity index (χ4v) is 16.6. The van der Waals surface area contributed by atoms with Crippen molar-refractivity contribution in [1.82, 2.24) is 0 Å². The summed E-state index contributed by atoms with van der Waals surface area (Å²) in [6.07, 6.45) is 32.3. The van der Waals surface area contributed by atoms with E-state index < -0.39 is 40.8 Å². The van der Waals surface area contributed by atoms with Crippen molar-refractivity contribution in [2.45, 2.75) is 258 Å². The molecule has 0 bridgehead atoms. The fraction of sp³-hybridized carbons (Fsp3) is 0.518. The molecule has 0 heterocycles. The van der Waals surface area contributed by atoms with Crippen molar-refractivity contribution in [2.24, 2.45) is 46.3 Å². The van der Waals surface area contributed by atoms with Gasteiger partial charge in [-0.15, -0.1) is 0 Å². The predicted octanol–water partition coefficient (Wildman–Crippen LogP) is 22.1. The number of aliphatic hydroxyl groups excluding tert-OH is 1. The van der Waals surface area contributed by atoms with Crippen LogP contribution in [-0.4, -0.2) is 168 Å². The lowest BCUT2D eigenvalue weighted by molar-refractivity contribution is -0.302. The zero-order valence-corrected chi connectivity index (χ0v) is 83.5. The molecule has 0 radical (unpaired) electrons. The number of aliphatic hydroxyl groups is 1. The van der Waals surface area contributed by atoms with Crippen LogP contribution < -0.4 is 0 Å². The summed E-state index contributed by atoms with van der Waals surface area (Å²) in [6, 6.07) is 61.6. The van der Waals surface area contributed by atoms with Crippen LogP contribution in [0.4, 0.5) is 0 Å². The van der Waals surface area contributed by atoms with Gasteiger partial charge in [0, 0.05) is 19.1 Å². The third-order valence-corrected chi connectivity index (χ3v) is 25.8. The van der Waals surface area contributed by atoms with Crippen LogP contribution in [0.2, 0.25) is 0 Å². The van der Waals surface area contributed by atoms with Gasteiger partial charge >= 0.3 is 71.6 Å². The molecule has 142 heavy (non-hydrogen) atoms. The zero-order chi connectivity index (χ0) is 102. The zero-order valence-electron chi connectivity index (χ0n) is 83.5. The Bertz CT molecular complexity index is 4660. The normalized spacial score (nSPS) is 15.6. The summed E-state index contributed by atoms with van der Waals surface area (Å²) >= 11 is 0. The lowest BCUT2D eigenvalue weighted by atomic mass is 9.86. The molecule has 2 atom stereocenters. The summed E-state index contributed by atoms with van der Waals surface area (Å²) in [4.78, 5) is 176. The maximum absolute atomic E-state index is 12.7. The van der Waals surface area contributed by atoms with Gasteiger partial charge in [-0.05, 0) is 176 Å². The number of ether oxygens (including phenoxy) is 10. The third kappa shape index (κ3) is 44.9. The topological polar surface area (TPSA) is 371 Å². The van der Waals surface area contributed by atoms with Crippen LogP contribution in [0.1, 0.15) is 319 Å². The Morgan fingerprint density at radius 3 is 0.817 bits per heavy atom. The number of hydrogen-bond donors (Lipinski definition) is 1. The summed E-state index contributed by atoms with van der Waals surface area (Å²) in [5.41, 5.74) is 1.97. The van der Waals surface area contributed by atoms with E-state index in [1.165, 1.54) is 19.3 Å². The summed E-state index contributed by atoms with van der Waals surface area (Å²) in [7, 11) is 1.00. The summed E-state index contributed by atoms with van der Waals surface area (Å²) in [6.45, 7) is 8.17. The lowest BCUT2D eigenvalue weighted by Gasteiger charge is -2.32. The van der Waals surface area contributed by atoms with Gasteiger partial charge in [0.05, 0.1) is 92.9 Å². The van der Waals surface area contributed by atoms with Gasteiger partial charge in [-0.2, -0.15) is 9.78 Å². The van der Waals surface area contributed by atoms with Crippen molar-refractivity contribution in [2.75, 3.05) is 73.2 Å². The molecule has 6 saturated carbocycles. The number of carbonyl (C=O) groups is 13. The number of rotatable bonds is 40. The summed E-state index contributed by atoms with van der Waals surface area (Å²) in [5, 5.41) is 7.00. The molecule has 6 aliphatic rings. The lowest BCUT2D eigenvalue weighted by Crippen LogP contribution is -2.40. The minimum absolute atomic E-state index is 0.0168. The first kappa shape index (κ1) is 117. The van der Waals surface area contributed by atoms with Gasteiger partial charge in [0.2, 0.25) is 0 Å². The maximum atomic E-state index is 12.7. The molecule has 13 rings (SSSR count). The Balaban J connectivity index is 0.000000238. The van der Waals surface area contributed by atoms with Crippen molar-refractivity contribution < 1.29 is 134 Å². The molecule has 6 aliphatic carbocycles. The molecule has 0 aromatic heterocycles. The molecule has 0 spiro atoms. The van der Waals surface area contributed by atoms with E-state index in [1.807, 2.05) is 75.4 Å². The van der Waals surface area contributed by atoms with Gasteiger partial charge in [-0.25, -0.2) is 38.4 Å². The molecular formula is C114H148O28. The first-order valence-electron chi connectivity index (χ1n) is 50.8. The molecule has 28 nitrogen and oxygen atoms in total. The number of benzene rings is 7. The van der Waals surface area contributed by atoms with E-state index in [2.05, 4.69) is 0 Å². The van der Waals surface area contributed by atoms with Crippen molar-refractivity contribution in [3.8, 4) is 0 Å². The maximum Gasteiger partial charge on any atom is 0.345 e. The van der Waals surface area contributed by atoms with Crippen LogP contribution in [0.5, 0.6) is 0 Å². The SMILES string of the molecule is CC(COC(=O)c1ccccc1)OOC(=O)C1CCCCC1.CCC(COC(=O)c1ccccc1)(COC(=O)C1CCCCC1)COC(=O)C1CCCCC1.CCC(COC(=O)c1ccccc1)(COC(=O)c1ccccc1)COC(=O)C1CCCCC1.CCC(COC(=O)c1ccccc1)OC(=O)C1CCCCC1.CO.O=C(OCCCOOC(=O)C1CCCCC1)c1ccccc1.O=Cc1ccccc1. The highest BCUT2D eigenvalue weighted by atomic mass is 17.2. The summed E-state index contributed by atoms with van der Waals surface area (Å²) < 4.78 is 54.9. The standard InChI is InChI=1S/C27H38O6.C27H32O6.C18H24O4.2C17H22O5.C7H6O.CH4O/c2*1-2-27(18-31-24(28)21-12-6-3-7-13-21,19-32-25(29)22-14-8-4-9-15-22)20-33-26(30)23-16-10-5-11-17-23;1-2-16(22-18(20)15-11-7-4-8-12-15)13-21-17(19)14-9-5-3-6-10-14;1-13(12-20-16(18)14-8-4-2-5-9-14)21-22-17(19)15-10-6-3-7-11-15;18-16(14-8-3-1-4-9-14)20-12-7-13-21-22-17(19)15-10-5-2-6-11-15;8-6-7-4-2-1-3-5-7;1-2/h3,6-7,12-13,22-23H,2,4-5,8-11,14-20H2,1H3;3-4,6-9,12-15,23H,2,5,10-11,16-20H2,1H3;3,5-6,9-10,15-16H,2,4,7-8,11-13H2,1H3;2,4-5,8-9,13,15H,3,6-7,10-12H2,1H3;1,3-4,8-9,15H,2,5-7,10-13H2;1-6H;2H,1H3. The minimum Gasteiger partial charge on any atom is -0.465 e. The molecule has 28 heteroatoms. The smallest absolute Gasteiger partial charge is 0.345 e. The molecule has 0 amide bonds. The Morgan fingerprint density at radius 2 is 0.542 bits per heavy atom. The number of esters is 10. The molecule has 1 N–H and O–H groups in total. The van der Waals surface area contributed by atoms with Gasteiger partial charge in [-0.3, -0.25) is 33.7 Å². The monoisotopic (exact) mass is 1970 g/mol. The predicted molar refractivity (Wildman–Crippen MR) is 532 cm³/mol. The largest absolute Gasteiger partial charge is 0.465 e. The van der Waals surface area contributed by atoms with Crippen LogP contribution in [-0.2, 0) is 95.7 Å². The molecule has 0 saturated heterocycles. The van der Waals surface area contributed by atoms with E-state index in [9.17, 15) is 62.3 Å². The number of carbonyl (C=O) groups excluding carboxylic acids is 13. The number of hydrogen-bond acceptors (Lipinski definition) is 28. The molecule has 7 aromatic carbocycles. The average molecular weight is 1970 g/mol. The van der Waals surface area contributed by atoms with Crippen molar-refractivity contribution in [3.63, 3.8) is 0 Å². The Hall–Kier alpha value is -12.3. The first-order chi connectivity index (χ1) is 69.1. The van der Waals surface area contributed by atoms with E-state index >= 15 is 0 Å². The van der Waals surface area contributed by atoms with Gasteiger partial charge < -0.3 is 52.5 Å². The first-order valence-corrected chi connectivity index (χ1v) is 50.8. The van der Waals surface area contributed by atoms with Crippen molar-refractivity contribution in [3.05, 3.63) is 251 Å². The van der Waals surface area contributed by atoms with Gasteiger partial charge in [-0.1, -0.05) is 276 Å². The Labute approximate surface area is 836 Å². The van der Waals surface area contributed by atoms with E-state index in [1.54, 1.807) is 165 Å². The number of aldehydes is 1. The second-order valence-corrected chi connectivity index (χ2v) is 36.7. The molecule has 2 unspecified atom stereocenters. The van der Waals surface area contributed by atoms with Crippen LogP contribution in [0, 0.1) is 46.3 Å². The van der Waals surface area contributed by atoms with E-state index in [-0.39, 0.29) is 155 Å². The Kier molecular flexibility index (Phi) is 56.5. The molecular weight excluding hydrogens is 1820 g/mol. The molecule has 772 valence electrons. The van der Waals surface area contributed by atoms with E-state index in [0.717, 1.165) is 192 Å². The highest BCUT2D eigenvalue weighted by molar-refractivity contribution is 5.92. The quantitative estimate of drug-likeness (QED) is 0.00930. The minimum atomic E-state index is -0.834. The Morgan fingerprint density at radius 1 is 0.296 bits per heavy atom. The second kappa shape index (κ2) is 68.8.